The number of hydrogen-bond donors (Lipinski definition) is 1. The fourth-order valence-electron chi connectivity index (χ4n) is 6.51. The Hall–Kier alpha value is -3.30. The van der Waals surface area contributed by atoms with Crippen LogP contribution in [0, 0.1) is 6.92 Å². The lowest BCUT2D eigenvalue weighted by Crippen LogP contribution is -2.58. The van der Waals surface area contributed by atoms with E-state index < -0.39 is 36.0 Å². The molecule has 1 aliphatic rings. The average molecular weight is 693 g/mol. The van der Waals surface area contributed by atoms with Crippen molar-refractivity contribution in [1.82, 2.24) is 19.1 Å². The van der Waals surface area contributed by atoms with Gasteiger partial charge in [-0.3, -0.25) is 23.8 Å². The average Bonchev–Trinajstić information content (AvgIpc) is 3.11. The van der Waals surface area contributed by atoms with Crippen molar-refractivity contribution < 1.29 is 13.8 Å². The Kier molecular flexibility index (Phi) is 12.3. The van der Waals surface area contributed by atoms with E-state index in [-0.39, 0.29) is 13.2 Å². The molecule has 11 heteroatoms. The van der Waals surface area contributed by atoms with Gasteiger partial charge < -0.3 is 9.26 Å². The lowest BCUT2D eigenvalue weighted by atomic mass is 9.75. The summed E-state index contributed by atoms with van der Waals surface area (Å²) >= 11 is 6.72. The number of benzene rings is 3. The van der Waals surface area contributed by atoms with Gasteiger partial charge in [0.2, 0.25) is 0 Å². The van der Waals surface area contributed by atoms with E-state index in [4.69, 9.17) is 20.5 Å². The second-order valence-corrected chi connectivity index (χ2v) is 15.3. The highest BCUT2D eigenvalue weighted by molar-refractivity contribution is 7.83. The Labute approximate surface area is 287 Å². The van der Waals surface area contributed by atoms with Crippen molar-refractivity contribution in [2.45, 2.75) is 64.3 Å². The summed E-state index contributed by atoms with van der Waals surface area (Å²) in [6.45, 7) is 3.88. The number of aromatic nitrogens is 2. The Morgan fingerprint density at radius 2 is 1.38 bits per heavy atom. The molecule has 2 heterocycles. The van der Waals surface area contributed by atoms with Crippen molar-refractivity contribution in [2.24, 2.45) is 0 Å². The lowest BCUT2D eigenvalue weighted by Gasteiger charge is -2.50. The third kappa shape index (κ3) is 7.94. The minimum Gasteiger partial charge on any atom is -0.350 e. The molecule has 3 unspecified atom stereocenters. The van der Waals surface area contributed by atoms with Gasteiger partial charge in [-0.15, -0.1) is 0 Å². The second-order valence-electron chi connectivity index (χ2n) is 12.3. The number of rotatable bonds is 15. The summed E-state index contributed by atoms with van der Waals surface area (Å²) in [7, 11) is 0. The standard InChI is InChI=1S/C37H46ClN4O5P/c1-4-6-23-41(24-7-5-2)48(38,45)46-28-33-26-40(27-34(47-33)42-25-29(3)35(43)39-36(42)44)37(30-17-11-8-12-18-30,31-19-13-9-14-20-31)32-21-15-10-16-22-32/h8-22,25,33-34H,4-7,23-24,26-28H2,1-3H3,(H,39,43,44). The fourth-order valence-corrected chi connectivity index (χ4v) is 8.41. The molecule has 0 radical (unpaired) electrons. The molecule has 48 heavy (non-hydrogen) atoms. The number of nitrogens with one attached hydrogen (secondary N) is 1. The number of H-pyrrole nitrogens is 1. The smallest absolute Gasteiger partial charge is 0.350 e. The zero-order valence-electron chi connectivity index (χ0n) is 28.0. The number of ether oxygens (including phenoxy) is 1. The Morgan fingerprint density at radius 3 is 1.85 bits per heavy atom. The van der Waals surface area contributed by atoms with E-state index in [9.17, 15) is 14.2 Å². The van der Waals surface area contributed by atoms with Crippen LogP contribution in [0.1, 0.15) is 68.0 Å². The van der Waals surface area contributed by atoms with Crippen molar-refractivity contribution in [1.29, 1.82) is 0 Å². The Morgan fingerprint density at radius 1 is 0.875 bits per heavy atom. The molecule has 1 fully saturated rings. The third-order valence-electron chi connectivity index (χ3n) is 8.95. The SMILES string of the molecule is CCCCN(CCCC)P(=O)(Cl)OCC1CN(C(c2ccccc2)(c2ccccc2)c2ccccc2)CC(n2cc(C)c(=O)[nH]c2=O)O1. The van der Waals surface area contributed by atoms with Crippen LogP contribution in [0.5, 0.6) is 0 Å². The molecular formula is C37H46ClN4O5P. The van der Waals surface area contributed by atoms with Gasteiger partial charge in [-0.2, -0.15) is 0 Å². The Balaban J connectivity index is 1.62. The summed E-state index contributed by atoms with van der Waals surface area (Å²) in [6.07, 6.45) is 3.67. The fraction of sp³-hybridized carbons (Fsp3) is 0.405. The number of aryl methyl sites for hydroxylation is 1. The molecule has 1 aromatic heterocycles. The van der Waals surface area contributed by atoms with Crippen molar-refractivity contribution in [3.63, 3.8) is 0 Å². The van der Waals surface area contributed by atoms with Crippen LogP contribution in [0.2, 0.25) is 0 Å². The van der Waals surface area contributed by atoms with Crippen LogP contribution in [0.15, 0.2) is 107 Å². The normalized spacial score (nSPS) is 18.5. The zero-order valence-corrected chi connectivity index (χ0v) is 29.6. The quantitative estimate of drug-likeness (QED) is 0.103. The first-order valence-electron chi connectivity index (χ1n) is 16.8. The topological polar surface area (TPSA) is 96.9 Å². The summed E-state index contributed by atoms with van der Waals surface area (Å²) in [6, 6.07) is 30.8. The zero-order chi connectivity index (χ0) is 34.1. The first kappa shape index (κ1) is 36.0. The van der Waals surface area contributed by atoms with E-state index in [0.717, 1.165) is 42.4 Å². The first-order chi connectivity index (χ1) is 23.2. The van der Waals surface area contributed by atoms with Crippen LogP contribution in [-0.4, -0.2) is 58.0 Å². The molecule has 9 nitrogen and oxygen atoms in total. The molecule has 3 atom stereocenters. The van der Waals surface area contributed by atoms with Gasteiger partial charge in [0.25, 0.3) is 5.56 Å². The summed E-state index contributed by atoms with van der Waals surface area (Å²) in [5.41, 5.74) is 1.64. The van der Waals surface area contributed by atoms with Crippen LogP contribution in [0.3, 0.4) is 0 Å². The molecule has 1 aliphatic heterocycles. The van der Waals surface area contributed by atoms with Gasteiger partial charge in [0.1, 0.15) is 0 Å². The molecule has 5 rings (SSSR count). The van der Waals surface area contributed by atoms with E-state index >= 15 is 0 Å². The maximum Gasteiger partial charge on any atom is 0.363 e. The largest absolute Gasteiger partial charge is 0.363 e. The highest BCUT2D eigenvalue weighted by Gasteiger charge is 2.47. The molecule has 0 saturated carbocycles. The van der Waals surface area contributed by atoms with E-state index in [2.05, 4.69) is 60.1 Å². The van der Waals surface area contributed by atoms with Crippen molar-refractivity contribution in [3.8, 4) is 0 Å². The summed E-state index contributed by atoms with van der Waals surface area (Å²) in [5, 5.41) is 0. The predicted molar refractivity (Wildman–Crippen MR) is 192 cm³/mol. The molecular weight excluding hydrogens is 647 g/mol. The molecule has 3 aromatic carbocycles. The van der Waals surface area contributed by atoms with Gasteiger partial charge in [-0.25, -0.2) is 9.46 Å². The maximum absolute atomic E-state index is 13.9. The van der Waals surface area contributed by atoms with Crippen LogP contribution in [0.25, 0.3) is 0 Å². The van der Waals surface area contributed by atoms with Crippen LogP contribution < -0.4 is 11.2 Å². The molecule has 1 N–H and O–H groups in total. The number of unbranched alkanes of at least 4 members (excludes halogenated alkanes) is 2. The highest BCUT2D eigenvalue weighted by Crippen LogP contribution is 2.56. The highest BCUT2D eigenvalue weighted by atomic mass is 35.7. The second kappa shape index (κ2) is 16.4. The minimum absolute atomic E-state index is 0.0614. The number of morpholine rings is 1. The summed E-state index contributed by atoms with van der Waals surface area (Å²) < 4.78 is 29.8. The monoisotopic (exact) mass is 692 g/mol. The van der Waals surface area contributed by atoms with Gasteiger partial charge in [0, 0.05) is 37.9 Å². The van der Waals surface area contributed by atoms with Gasteiger partial charge in [-0.05, 0) is 47.7 Å². The number of nitrogens with zero attached hydrogens (tertiary/aromatic N) is 3. The summed E-state index contributed by atoms with van der Waals surface area (Å²) in [4.78, 5) is 30.4. The van der Waals surface area contributed by atoms with Gasteiger partial charge in [0.05, 0.1) is 18.2 Å². The molecule has 0 bridgehead atoms. The van der Waals surface area contributed by atoms with Gasteiger partial charge in [-0.1, -0.05) is 118 Å². The van der Waals surface area contributed by atoms with E-state index in [1.807, 2.05) is 54.6 Å². The van der Waals surface area contributed by atoms with Crippen molar-refractivity contribution >= 4 is 18.1 Å². The van der Waals surface area contributed by atoms with E-state index in [0.29, 0.717) is 25.2 Å². The third-order valence-corrected chi connectivity index (χ3v) is 11.4. The molecule has 0 amide bonds. The molecule has 1 saturated heterocycles. The first-order valence-corrected chi connectivity index (χ1v) is 19.3. The van der Waals surface area contributed by atoms with E-state index in [1.165, 1.54) is 10.8 Å². The molecule has 0 aliphatic carbocycles. The molecule has 0 spiro atoms. The van der Waals surface area contributed by atoms with E-state index in [1.54, 1.807) is 11.6 Å². The molecule has 4 aromatic rings. The van der Waals surface area contributed by atoms with Crippen molar-refractivity contribution in [3.05, 3.63) is 140 Å². The van der Waals surface area contributed by atoms with Gasteiger partial charge >= 0.3 is 12.6 Å². The van der Waals surface area contributed by atoms with Crippen LogP contribution in [0.4, 0.5) is 0 Å². The number of hydrogen-bond acceptors (Lipinski definition) is 6. The predicted octanol–water partition coefficient (Wildman–Crippen LogP) is 7.30. The molecule has 256 valence electrons. The number of aromatic amines is 1. The van der Waals surface area contributed by atoms with Gasteiger partial charge in [0.15, 0.2) is 6.23 Å². The number of halogens is 1. The summed E-state index contributed by atoms with van der Waals surface area (Å²) in [5.74, 6) is 0. The van der Waals surface area contributed by atoms with Crippen LogP contribution in [-0.2, 0) is 19.4 Å². The maximum atomic E-state index is 13.9. The lowest BCUT2D eigenvalue weighted by molar-refractivity contribution is -0.148. The van der Waals surface area contributed by atoms with Crippen LogP contribution >= 0.6 is 18.1 Å². The Bertz CT molecular complexity index is 1660. The minimum atomic E-state index is -3.69. The van der Waals surface area contributed by atoms with Crippen molar-refractivity contribution in [2.75, 3.05) is 32.8 Å².